The lowest BCUT2D eigenvalue weighted by molar-refractivity contribution is 0.0744. The largest absolute Gasteiger partial charge is 0.377 e. The van der Waals surface area contributed by atoms with Gasteiger partial charge in [0.15, 0.2) is 5.11 Å². The molecule has 1 saturated heterocycles. The quantitative estimate of drug-likeness (QED) is 0.537. The summed E-state index contributed by atoms with van der Waals surface area (Å²) in [5, 5.41) is 0.488. The molecule has 0 aromatic rings. The zero-order valence-corrected chi connectivity index (χ0v) is 7.56. The molecule has 1 aliphatic heterocycles. The summed E-state index contributed by atoms with van der Waals surface area (Å²) in [6.07, 6.45) is 1.26. The van der Waals surface area contributed by atoms with Gasteiger partial charge in [-0.15, -0.1) is 0 Å². The highest BCUT2D eigenvalue weighted by molar-refractivity contribution is 7.80. The third-order valence-corrected chi connectivity index (χ3v) is 2.02. The van der Waals surface area contributed by atoms with Gasteiger partial charge in [-0.1, -0.05) is 0 Å². The summed E-state index contributed by atoms with van der Waals surface area (Å²) in [6, 6.07) is 0. The summed E-state index contributed by atoms with van der Waals surface area (Å²) in [5.74, 6) is 0. The van der Waals surface area contributed by atoms with Crippen molar-refractivity contribution in [3.05, 3.63) is 0 Å². The predicted octanol–water partition coefficient (Wildman–Crippen LogP) is 0.341. The van der Waals surface area contributed by atoms with Crippen LogP contribution in [0.4, 0.5) is 0 Å². The van der Waals surface area contributed by atoms with E-state index < -0.39 is 0 Å². The molecule has 0 aliphatic carbocycles. The van der Waals surface area contributed by atoms with Crippen molar-refractivity contribution in [2.75, 3.05) is 19.7 Å². The molecule has 4 heteroatoms. The molecule has 1 unspecified atom stereocenters. The van der Waals surface area contributed by atoms with Crippen molar-refractivity contribution >= 4 is 17.3 Å². The maximum Gasteiger partial charge on any atom is 0.166 e. The van der Waals surface area contributed by atoms with Crippen LogP contribution in [-0.2, 0) is 4.74 Å². The highest BCUT2D eigenvalue weighted by atomic mass is 32.1. The zero-order valence-electron chi connectivity index (χ0n) is 6.75. The molecule has 0 amide bonds. The molecule has 0 spiro atoms. The third kappa shape index (κ3) is 2.63. The standard InChI is InChI=1S/C7H14N2OS/c1-6-5-9(7(8)11)3-2-4-10-6/h6H,2-5H2,1H3,(H2,8,11). The van der Waals surface area contributed by atoms with Gasteiger partial charge in [0.2, 0.25) is 0 Å². The van der Waals surface area contributed by atoms with Gasteiger partial charge in [-0.25, -0.2) is 0 Å². The first-order chi connectivity index (χ1) is 5.20. The molecule has 1 rings (SSSR count). The van der Waals surface area contributed by atoms with Gasteiger partial charge in [-0.2, -0.15) is 0 Å². The summed E-state index contributed by atoms with van der Waals surface area (Å²) in [4.78, 5) is 1.99. The van der Waals surface area contributed by atoms with Crippen LogP contribution in [0.1, 0.15) is 13.3 Å². The van der Waals surface area contributed by atoms with Crippen LogP contribution in [0.5, 0.6) is 0 Å². The van der Waals surface area contributed by atoms with E-state index in [0.29, 0.717) is 5.11 Å². The second-order valence-corrected chi connectivity index (χ2v) is 3.24. The molecule has 1 atom stereocenters. The molecule has 1 heterocycles. The van der Waals surface area contributed by atoms with Crippen molar-refractivity contribution in [1.82, 2.24) is 4.90 Å². The second-order valence-electron chi connectivity index (χ2n) is 2.82. The van der Waals surface area contributed by atoms with Gasteiger partial charge in [-0.3, -0.25) is 0 Å². The lowest BCUT2D eigenvalue weighted by Crippen LogP contribution is -2.39. The van der Waals surface area contributed by atoms with Crippen molar-refractivity contribution in [2.45, 2.75) is 19.4 Å². The highest BCUT2D eigenvalue weighted by Crippen LogP contribution is 2.04. The number of nitrogens with two attached hydrogens (primary N) is 1. The van der Waals surface area contributed by atoms with Crippen LogP contribution >= 0.6 is 12.2 Å². The molecule has 64 valence electrons. The minimum atomic E-state index is 0.249. The van der Waals surface area contributed by atoms with Crippen molar-refractivity contribution < 1.29 is 4.74 Å². The Morgan fingerprint density at radius 3 is 3.09 bits per heavy atom. The normalized spacial score (nSPS) is 26.3. The number of hydrogen-bond donors (Lipinski definition) is 1. The average Bonchev–Trinajstić information content (AvgIpc) is 2.13. The third-order valence-electron chi connectivity index (χ3n) is 1.76. The fourth-order valence-corrected chi connectivity index (χ4v) is 1.36. The van der Waals surface area contributed by atoms with E-state index in [1.165, 1.54) is 0 Å². The summed E-state index contributed by atoms with van der Waals surface area (Å²) in [5.41, 5.74) is 5.50. The lowest BCUT2D eigenvalue weighted by Gasteiger charge is -2.21. The average molecular weight is 174 g/mol. The van der Waals surface area contributed by atoms with Crippen molar-refractivity contribution in [1.29, 1.82) is 0 Å². The molecule has 0 bridgehead atoms. The molecule has 1 aliphatic rings. The molecule has 0 saturated carbocycles. The Morgan fingerprint density at radius 2 is 2.45 bits per heavy atom. The summed E-state index contributed by atoms with van der Waals surface area (Å²) in [6.45, 7) is 4.62. The van der Waals surface area contributed by atoms with E-state index in [1.54, 1.807) is 0 Å². The molecule has 0 aromatic carbocycles. The number of thiocarbonyl (C=S) groups is 1. The van der Waals surface area contributed by atoms with Crippen molar-refractivity contribution in [2.24, 2.45) is 5.73 Å². The predicted molar refractivity (Wildman–Crippen MR) is 48.4 cm³/mol. The number of nitrogens with zero attached hydrogens (tertiary/aromatic N) is 1. The van der Waals surface area contributed by atoms with Gasteiger partial charge in [0.1, 0.15) is 0 Å². The van der Waals surface area contributed by atoms with E-state index in [4.69, 9.17) is 22.7 Å². The monoisotopic (exact) mass is 174 g/mol. The van der Waals surface area contributed by atoms with Crippen LogP contribution in [0.15, 0.2) is 0 Å². The maximum absolute atomic E-state index is 5.50. The van der Waals surface area contributed by atoms with Crippen LogP contribution < -0.4 is 5.73 Å². The topological polar surface area (TPSA) is 38.5 Å². The first kappa shape index (κ1) is 8.74. The Labute approximate surface area is 72.5 Å². The van der Waals surface area contributed by atoms with E-state index >= 15 is 0 Å². The van der Waals surface area contributed by atoms with Crippen molar-refractivity contribution in [3.8, 4) is 0 Å². The summed E-state index contributed by atoms with van der Waals surface area (Å²) in [7, 11) is 0. The maximum atomic E-state index is 5.50. The zero-order chi connectivity index (χ0) is 8.27. The van der Waals surface area contributed by atoms with E-state index in [1.807, 2.05) is 11.8 Å². The summed E-state index contributed by atoms with van der Waals surface area (Å²) < 4.78 is 5.43. The van der Waals surface area contributed by atoms with Crippen LogP contribution in [0.3, 0.4) is 0 Å². The smallest absolute Gasteiger partial charge is 0.166 e. The first-order valence-electron chi connectivity index (χ1n) is 3.86. The first-order valence-corrected chi connectivity index (χ1v) is 4.27. The molecular formula is C7H14N2OS. The lowest BCUT2D eigenvalue weighted by atomic mass is 10.4. The number of ether oxygens (including phenoxy) is 1. The van der Waals surface area contributed by atoms with Crippen molar-refractivity contribution in [3.63, 3.8) is 0 Å². The number of rotatable bonds is 0. The molecule has 11 heavy (non-hydrogen) atoms. The Morgan fingerprint density at radius 1 is 1.73 bits per heavy atom. The fraction of sp³-hybridized carbons (Fsp3) is 0.857. The van der Waals surface area contributed by atoms with Gasteiger partial charge < -0.3 is 15.4 Å². The van der Waals surface area contributed by atoms with Gasteiger partial charge in [-0.05, 0) is 25.6 Å². The Kier molecular flexibility index (Phi) is 3.08. The highest BCUT2D eigenvalue weighted by Gasteiger charge is 2.14. The molecular weight excluding hydrogens is 160 g/mol. The minimum Gasteiger partial charge on any atom is -0.377 e. The SMILES string of the molecule is CC1CN(C(N)=S)CCCO1. The van der Waals surface area contributed by atoms with E-state index in [9.17, 15) is 0 Å². The fourth-order valence-electron chi connectivity index (χ4n) is 1.19. The Balaban J connectivity index is 2.45. The Hall–Kier alpha value is -0.350. The van der Waals surface area contributed by atoms with Gasteiger partial charge in [0.05, 0.1) is 6.10 Å². The van der Waals surface area contributed by atoms with Crippen LogP contribution in [-0.4, -0.2) is 35.8 Å². The van der Waals surface area contributed by atoms with Gasteiger partial charge in [0, 0.05) is 19.7 Å². The molecule has 0 aromatic heterocycles. The Bertz CT molecular complexity index is 151. The van der Waals surface area contributed by atoms with Gasteiger partial charge in [0.25, 0.3) is 0 Å². The summed E-state index contributed by atoms with van der Waals surface area (Å²) >= 11 is 4.88. The van der Waals surface area contributed by atoms with E-state index in [-0.39, 0.29) is 6.10 Å². The molecule has 1 fully saturated rings. The van der Waals surface area contributed by atoms with Crippen LogP contribution in [0.2, 0.25) is 0 Å². The van der Waals surface area contributed by atoms with Crippen LogP contribution in [0.25, 0.3) is 0 Å². The molecule has 0 radical (unpaired) electrons. The second kappa shape index (κ2) is 3.88. The van der Waals surface area contributed by atoms with E-state index in [2.05, 4.69) is 0 Å². The van der Waals surface area contributed by atoms with Crippen LogP contribution in [0, 0.1) is 0 Å². The minimum absolute atomic E-state index is 0.249. The molecule has 2 N–H and O–H groups in total. The van der Waals surface area contributed by atoms with Gasteiger partial charge >= 0.3 is 0 Å². The molecule has 3 nitrogen and oxygen atoms in total. The number of hydrogen-bond acceptors (Lipinski definition) is 2. The van der Waals surface area contributed by atoms with E-state index in [0.717, 1.165) is 26.1 Å².